The van der Waals surface area contributed by atoms with Crippen molar-refractivity contribution in [2.75, 3.05) is 13.1 Å². The summed E-state index contributed by atoms with van der Waals surface area (Å²) in [5.74, 6) is 0.918. The zero-order valence-corrected chi connectivity index (χ0v) is 10.3. The maximum Gasteiger partial charge on any atom is 0.220 e. The minimum Gasteiger partial charge on any atom is -0.369 e. The average Bonchev–Trinajstić information content (AvgIpc) is 2.29. The number of nitrogens with zero attached hydrogens (tertiary/aromatic N) is 1. The average molecular weight is 224 g/mol. The number of carbonyl (C=O) groups excluding carboxylic acids is 1. The summed E-state index contributed by atoms with van der Waals surface area (Å²) in [6.45, 7) is 4.51. The number of primary amides is 1. The van der Waals surface area contributed by atoms with Crippen LogP contribution < -0.4 is 5.73 Å². The van der Waals surface area contributed by atoms with E-state index in [1.807, 2.05) is 0 Å². The smallest absolute Gasteiger partial charge is 0.220 e. The zero-order valence-electron chi connectivity index (χ0n) is 10.3. The molecular weight excluding hydrogens is 200 g/mol. The molecule has 0 bridgehead atoms. The second kappa shape index (κ2) is 5.17. The number of likely N-dealkylation sites (tertiary alicyclic amines) is 1. The van der Waals surface area contributed by atoms with Gasteiger partial charge < -0.3 is 10.6 Å². The number of amides is 1. The van der Waals surface area contributed by atoms with Gasteiger partial charge in [0.25, 0.3) is 0 Å². The van der Waals surface area contributed by atoms with E-state index in [1.165, 1.54) is 25.7 Å². The molecule has 2 fully saturated rings. The third-order valence-corrected chi connectivity index (χ3v) is 4.36. The van der Waals surface area contributed by atoms with E-state index in [-0.39, 0.29) is 11.8 Å². The highest BCUT2D eigenvalue weighted by molar-refractivity contribution is 5.76. The SMILES string of the molecule is CC1CCCC(N2CCC(C(N)=O)CC2)C1. The Kier molecular flexibility index (Phi) is 3.85. The molecule has 0 spiro atoms. The third kappa shape index (κ3) is 2.76. The molecule has 3 heteroatoms. The molecule has 1 saturated heterocycles. The van der Waals surface area contributed by atoms with Gasteiger partial charge in [-0.1, -0.05) is 19.8 Å². The van der Waals surface area contributed by atoms with Gasteiger partial charge in [0.15, 0.2) is 0 Å². The predicted octanol–water partition coefficient (Wildman–Crippen LogP) is 1.76. The number of piperidine rings is 1. The molecule has 0 radical (unpaired) electrons. The van der Waals surface area contributed by atoms with Crippen LogP contribution in [0.2, 0.25) is 0 Å². The van der Waals surface area contributed by atoms with E-state index in [0.717, 1.165) is 37.9 Å². The maximum absolute atomic E-state index is 11.1. The molecule has 0 aromatic rings. The fourth-order valence-corrected chi connectivity index (χ4v) is 3.28. The summed E-state index contributed by atoms with van der Waals surface area (Å²) in [6, 6.07) is 0.776. The number of nitrogens with two attached hydrogens (primary N) is 1. The molecule has 3 nitrogen and oxygen atoms in total. The van der Waals surface area contributed by atoms with Gasteiger partial charge in [0.05, 0.1) is 0 Å². The zero-order chi connectivity index (χ0) is 11.5. The van der Waals surface area contributed by atoms with Gasteiger partial charge in [-0.2, -0.15) is 0 Å². The van der Waals surface area contributed by atoms with Gasteiger partial charge in [0, 0.05) is 12.0 Å². The topological polar surface area (TPSA) is 46.3 Å². The summed E-state index contributed by atoms with van der Waals surface area (Å²) in [7, 11) is 0. The molecular formula is C13H24N2O. The number of hydrogen-bond donors (Lipinski definition) is 1. The van der Waals surface area contributed by atoms with Crippen molar-refractivity contribution in [2.24, 2.45) is 17.6 Å². The minimum absolute atomic E-state index is 0.100. The van der Waals surface area contributed by atoms with Crippen LogP contribution in [0.25, 0.3) is 0 Å². The van der Waals surface area contributed by atoms with E-state index in [1.54, 1.807) is 0 Å². The maximum atomic E-state index is 11.1. The van der Waals surface area contributed by atoms with Gasteiger partial charge in [-0.05, 0) is 44.7 Å². The van der Waals surface area contributed by atoms with E-state index in [9.17, 15) is 4.79 Å². The molecule has 1 aliphatic heterocycles. The van der Waals surface area contributed by atoms with Crippen LogP contribution in [0, 0.1) is 11.8 Å². The highest BCUT2D eigenvalue weighted by atomic mass is 16.1. The molecule has 0 aromatic heterocycles. The van der Waals surface area contributed by atoms with Gasteiger partial charge in [0.2, 0.25) is 5.91 Å². The van der Waals surface area contributed by atoms with Crippen LogP contribution in [-0.4, -0.2) is 29.9 Å². The number of hydrogen-bond acceptors (Lipinski definition) is 2. The summed E-state index contributed by atoms with van der Waals surface area (Å²) < 4.78 is 0. The molecule has 2 N–H and O–H groups in total. The molecule has 1 heterocycles. The monoisotopic (exact) mass is 224 g/mol. The lowest BCUT2D eigenvalue weighted by atomic mass is 9.84. The Balaban J connectivity index is 1.81. The Morgan fingerprint density at radius 1 is 1.19 bits per heavy atom. The van der Waals surface area contributed by atoms with Crippen molar-refractivity contribution in [3.63, 3.8) is 0 Å². The predicted molar refractivity (Wildman–Crippen MR) is 64.9 cm³/mol. The van der Waals surface area contributed by atoms with Crippen LogP contribution in [0.15, 0.2) is 0 Å². The van der Waals surface area contributed by atoms with Crippen molar-refractivity contribution >= 4 is 5.91 Å². The van der Waals surface area contributed by atoms with Crippen LogP contribution in [0.1, 0.15) is 45.4 Å². The first-order chi connectivity index (χ1) is 7.66. The standard InChI is InChI=1S/C13H24N2O/c1-10-3-2-4-12(9-10)15-7-5-11(6-8-15)13(14)16/h10-12H,2-9H2,1H3,(H2,14,16). The van der Waals surface area contributed by atoms with Crippen LogP contribution in [0.3, 0.4) is 0 Å². The molecule has 0 aromatic carbocycles. The van der Waals surface area contributed by atoms with Gasteiger partial charge in [-0.3, -0.25) is 4.79 Å². The Morgan fingerprint density at radius 3 is 2.44 bits per heavy atom. The lowest BCUT2D eigenvalue weighted by molar-refractivity contribution is -0.123. The molecule has 2 aliphatic rings. The molecule has 1 aliphatic carbocycles. The van der Waals surface area contributed by atoms with Crippen molar-refractivity contribution in [3.05, 3.63) is 0 Å². The Hall–Kier alpha value is -0.570. The van der Waals surface area contributed by atoms with E-state index < -0.39 is 0 Å². The van der Waals surface area contributed by atoms with Crippen molar-refractivity contribution < 1.29 is 4.79 Å². The van der Waals surface area contributed by atoms with Crippen LogP contribution in [0.4, 0.5) is 0 Å². The van der Waals surface area contributed by atoms with E-state index in [4.69, 9.17) is 5.73 Å². The minimum atomic E-state index is -0.100. The van der Waals surface area contributed by atoms with Gasteiger partial charge in [-0.25, -0.2) is 0 Å². The lowest BCUT2D eigenvalue weighted by Gasteiger charge is -2.40. The quantitative estimate of drug-likeness (QED) is 0.777. The van der Waals surface area contributed by atoms with Crippen LogP contribution >= 0.6 is 0 Å². The summed E-state index contributed by atoms with van der Waals surface area (Å²) in [5.41, 5.74) is 5.36. The van der Waals surface area contributed by atoms with Crippen LogP contribution in [-0.2, 0) is 4.79 Å². The Morgan fingerprint density at radius 2 is 1.88 bits per heavy atom. The van der Waals surface area contributed by atoms with Gasteiger partial charge in [-0.15, -0.1) is 0 Å². The molecule has 2 rings (SSSR count). The third-order valence-electron chi connectivity index (χ3n) is 4.36. The molecule has 1 saturated carbocycles. The molecule has 1 amide bonds. The second-order valence-electron chi connectivity index (χ2n) is 5.64. The fraction of sp³-hybridized carbons (Fsp3) is 0.923. The molecule has 16 heavy (non-hydrogen) atoms. The largest absolute Gasteiger partial charge is 0.369 e. The number of rotatable bonds is 2. The first kappa shape index (κ1) is 11.9. The fourth-order valence-electron chi connectivity index (χ4n) is 3.28. The Bertz CT molecular complexity index is 246. The molecule has 2 unspecified atom stereocenters. The van der Waals surface area contributed by atoms with Crippen molar-refractivity contribution in [3.8, 4) is 0 Å². The highest BCUT2D eigenvalue weighted by Crippen LogP contribution is 2.29. The first-order valence-electron chi connectivity index (χ1n) is 6.70. The van der Waals surface area contributed by atoms with Crippen molar-refractivity contribution in [1.82, 2.24) is 4.90 Å². The summed E-state index contributed by atoms with van der Waals surface area (Å²) in [6.07, 6.45) is 7.42. The van der Waals surface area contributed by atoms with E-state index >= 15 is 0 Å². The number of carbonyl (C=O) groups is 1. The lowest BCUT2D eigenvalue weighted by Crippen LogP contribution is -2.45. The normalized spacial score (nSPS) is 33.8. The summed E-state index contributed by atoms with van der Waals surface area (Å²) in [5, 5.41) is 0. The van der Waals surface area contributed by atoms with E-state index in [0.29, 0.717) is 0 Å². The summed E-state index contributed by atoms with van der Waals surface area (Å²) in [4.78, 5) is 13.7. The molecule has 2 atom stereocenters. The van der Waals surface area contributed by atoms with Crippen LogP contribution in [0.5, 0.6) is 0 Å². The van der Waals surface area contributed by atoms with Gasteiger partial charge >= 0.3 is 0 Å². The Labute approximate surface area is 98.4 Å². The van der Waals surface area contributed by atoms with E-state index in [2.05, 4.69) is 11.8 Å². The molecule has 92 valence electrons. The highest BCUT2D eigenvalue weighted by Gasteiger charge is 2.29. The first-order valence-corrected chi connectivity index (χ1v) is 6.70. The van der Waals surface area contributed by atoms with Crippen molar-refractivity contribution in [2.45, 2.75) is 51.5 Å². The van der Waals surface area contributed by atoms with Crippen molar-refractivity contribution in [1.29, 1.82) is 0 Å². The second-order valence-corrected chi connectivity index (χ2v) is 5.64. The summed E-state index contributed by atoms with van der Waals surface area (Å²) >= 11 is 0. The van der Waals surface area contributed by atoms with Gasteiger partial charge in [0.1, 0.15) is 0 Å².